The zero-order chi connectivity index (χ0) is 28.5. The highest BCUT2D eigenvalue weighted by molar-refractivity contribution is 7.92. The second-order valence-corrected chi connectivity index (χ2v) is 12.1. The number of carbonyl (C=O) groups is 2. The van der Waals surface area contributed by atoms with Crippen molar-refractivity contribution in [1.82, 2.24) is 10.2 Å². The van der Waals surface area contributed by atoms with Crippen LogP contribution in [-0.2, 0) is 26.2 Å². The number of sulfonamides is 1. The number of hydrogen-bond donors (Lipinski definition) is 1. The van der Waals surface area contributed by atoms with E-state index < -0.39 is 21.6 Å². The Hall–Kier alpha value is -3.27. The number of ether oxygens (including phenoxy) is 2. The first kappa shape index (κ1) is 31.0. The van der Waals surface area contributed by atoms with Gasteiger partial charge in [0.15, 0.2) is 0 Å². The van der Waals surface area contributed by atoms with Crippen LogP contribution >= 0.6 is 0 Å². The normalized spacial score (nSPS) is 12.4. The van der Waals surface area contributed by atoms with Crippen LogP contribution in [0.1, 0.15) is 53.0 Å². The van der Waals surface area contributed by atoms with E-state index in [1.54, 1.807) is 38.3 Å². The predicted molar refractivity (Wildman–Crippen MR) is 150 cm³/mol. The van der Waals surface area contributed by atoms with Crippen molar-refractivity contribution in [2.24, 2.45) is 0 Å². The number of nitrogens with one attached hydrogen (secondary N) is 1. The van der Waals surface area contributed by atoms with Crippen LogP contribution in [0, 0.1) is 0 Å². The lowest BCUT2D eigenvalue weighted by atomic mass is 10.1. The van der Waals surface area contributed by atoms with Gasteiger partial charge in [-0.15, -0.1) is 0 Å². The standard InChI is InChI=1S/C28H41N3O6S/c1-8-37-24-16-14-23(15-17-24)31(38(7,34)35)18-10-13-26(32)30(21(2)27(33)29-28(3,4)5)20-22-11-9-12-25(19-22)36-6/h9,11-12,14-17,19,21H,8,10,13,18,20H2,1-7H3,(H,29,33)/t21-/m0/s1. The van der Waals surface area contributed by atoms with Gasteiger partial charge in [-0.25, -0.2) is 8.42 Å². The van der Waals surface area contributed by atoms with E-state index >= 15 is 0 Å². The Morgan fingerprint density at radius 2 is 1.71 bits per heavy atom. The molecule has 0 aliphatic carbocycles. The van der Waals surface area contributed by atoms with Gasteiger partial charge < -0.3 is 19.7 Å². The van der Waals surface area contributed by atoms with E-state index in [0.717, 1.165) is 11.8 Å². The van der Waals surface area contributed by atoms with E-state index in [2.05, 4.69) is 5.32 Å². The van der Waals surface area contributed by atoms with E-state index in [1.807, 2.05) is 52.0 Å². The van der Waals surface area contributed by atoms with Crippen LogP contribution in [0.4, 0.5) is 5.69 Å². The van der Waals surface area contributed by atoms with Crippen molar-refractivity contribution in [2.45, 2.75) is 65.6 Å². The highest BCUT2D eigenvalue weighted by Gasteiger charge is 2.28. The van der Waals surface area contributed by atoms with Crippen LogP contribution in [0.15, 0.2) is 48.5 Å². The molecule has 38 heavy (non-hydrogen) atoms. The van der Waals surface area contributed by atoms with Gasteiger partial charge in [-0.2, -0.15) is 0 Å². The lowest BCUT2D eigenvalue weighted by Gasteiger charge is -2.32. The van der Waals surface area contributed by atoms with Gasteiger partial charge in [-0.05, 0) is 83.0 Å². The number of hydrogen-bond acceptors (Lipinski definition) is 6. The molecule has 0 saturated heterocycles. The largest absolute Gasteiger partial charge is 0.497 e. The van der Waals surface area contributed by atoms with Gasteiger partial charge in [-0.1, -0.05) is 12.1 Å². The summed E-state index contributed by atoms with van der Waals surface area (Å²) < 4.78 is 37.1. The van der Waals surface area contributed by atoms with Gasteiger partial charge in [0.2, 0.25) is 21.8 Å². The lowest BCUT2D eigenvalue weighted by molar-refractivity contribution is -0.141. The van der Waals surface area contributed by atoms with Gasteiger partial charge in [0.1, 0.15) is 17.5 Å². The molecule has 0 radical (unpaired) electrons. The molecular formula is C28H41N3O6S. The molecule has 10 heteroatoms. The quantitative estimate of drug-likeness (QED) is 0.407. The van der Waals surface area contributed by atoms with Crippen LogP contribution in [0.25, 0.3) is 0 Å². The minimum Gasteiger partial charge on any atom is -0.497 e. The first-order valence-corrected chi connectivity index (χ1v) is 14.5. The Morgan fingerprint density at radius 1 is 1.05 bits per heavy atom. The Balaban J connectivity index is 2.19. The maximum atomic E-state index is 13.4. The van der Waals surface area contributed by atoms with Crippen LogP contribution in [-0.4, -0.2) is 63.2 Å². The van der Waals surface area contributed by atoms with Crippen molar-refractivity contribution < 1.29 is 27.5 Å². The molecular weight excluding hydrogens is 506 g/mol. The van der Waals surface area contributed by atoms with Gasteiger partial charge in [0.05, 0.1) is 25.7 Å². The third kappa shape index (κ3) is 9.55. The first-order chi connectivity index (χ1) is 17.7. The molecule has 210 valence electrons. The molecule has 0 spiro atoms. The number of carbonyl (C=O) groups excluding carboxylic acids is 2. The fraction of sp³-hybridized carbons (Fsp3) is 0.500. The Kier molecular flexibility index (Phi) is 11.0. The summed E-state index contributed by atoms with van der Waals surface area (Å²) in [5.41, 5.74) is 0.860. The van der Waals surface area contributed by atoms with E-state index in [1.165, 1.54) is 9.21 Å². The molecule has 0 unspecified atom stereocenters. The summed E-state index contributed by atoms with van der Waals surface area (Å²) in [4.78, 5) is 27.9. The molecule has 0 aliphatic heterocycles. The summed E-state index contributed by atoms with van der Waals surface area (Å²) in [7, 11) is -2.01. The molecule has 0 aliphatic rings. The Morgan fingerprint density at radius 3 is 2.26 bits per heavy atom. The highest BCUT2D eigenvalue weighted by Crippen LogP contribution is 2.23. The van der Waals surface area contributed by atoms with Crippen molar-refractivity contribution in [3.05, 3.63) is 54.1 Å². The van der Waals surface area contributed by atoms with Crippen LogP contribution in [0.3, 0.4) is 0 Å². The molecule has 1 atom stereocenters. The predicted octanol–water partition coefficient (Wildman–Crippen LogP) is 3.97. The molecule has 2 aromatic carbocycles. The lowest BCUT2D eigenvalue weighted by Crippen LogP contribution is -2.52. The van der Waals surface area contributed by atoms with Gasteiger partial charge >= 0.3 is 0 Å². The molecule has 0 heterocycles. The maximum absolute atomic E-state index is 13.4. The Labute approximate surface area is 227 Å². The summed E-state index contributed by atoms with van der Waals surface area (Å²) in [5, 5.41) is 2.94. The SMILES string of the molecule is CCOc1ccc(N(CCCC(=O)N(Cc2cccc(OC)c2)[C@@H](C)C(=O)NC(C)(C)C)S(C)(=O)=O)cc1. The maximum Gasteiger partial charge on any atom is 0.242 e. The monoisotopic (exact) mass is 547 g/mol. The number of rotatable bonds is 13. The Bertz CT molecular complexity index is 1180. The molecule has 2 aromatic rings. The number of amides is 2. The highest BCUT2D eigenvalue weighted by atomic mass is 32.2. The third-order valence-corrected chi connectivity index (χ3v) is 6.93. The molecule has 0 aromatic heterocycles. The van der Waals surface area contributed by atoms with E-state index in [-0.39, 0.29) is 37.7 Å². The van der Waals surface area contributed by atoms with Crippen LogP contribution < -0.4 is 19.1 Å². The second-order valence-electron chi connectivity index (χ2n) is 10.2. The fourth-order valence-electron chi connectivity index (χ4n) is 3.90. The molecule has 0 fully saturated rings. The van der Waals surface area contributed by atoms with Crippen molar-refractivity contribution in [3.63, 3.8) is 0 Å². The summed E-state index contributed by atoms with van der Waals surface area (Å²) >= 11 is 0. The zero-order valence-corrected chi connectivity index (χ0v) is 24.3. The first-order valence-electron chi connectivity index (χ1n) is 12.7. The average Bonchev–Trinajstić information content (AvgIpc) is 2.84. The molecule has 9 nitrogen and oxygen atoms in total. The van der Waals surface area contributed by atoms with E-state index in [4.69, 9.17) is 9.47 Å². The van der Waals surface area contributed by atoms with Crippen molar-refractivity contribution in [1.29, 1.82) is 0 Å². The van der Waals surface area contributed by atoms with Crippen molar-refractivity contribution in [3.8, 4) is 11.5 Å². The number of methoxy groups -OCH3 is 1. The topological polar surface area (TPSA) is 105 Å². The average molecular weight is 548 g/mol. The van der Waals surface area contributed by atoms with Gasteiger partial charge in [0, 0.05) is 25.0 Å². The minimum absolute atomic E-state index is 0.0696. The number of nitrogens with zero attached hydrogens (tertiary/aromatic N) is 2. The summed E-state index contributed by atoms with van der Waals surface area (Å²) in [6.07, 6.45) is 1.49. The van der Waals surface area contributed by atoms with Crippen molar-refractivity contribution >= 4 is 27.5 Å². The minimum atomic E-state index is -3.58. The summed E-state index contributed by atoms with van der Waals surface area (Å²) in [5.74, 6) is 0.793. The number of anilines is 1. The second kappa shape index (κ2) is 13.5. The van der Waals surface area contributed by atoms with Crippen LogP contribution in [0.2, 0.25) is 0 Å². The molecule has 0 saturated carbocycles. The summed E-state index contributed by atoms with van der Waals surface area (Å²) in [6.45, 7) is 10.1. The van der Waals surface area contributed by atoms with Crippen LogP contribution in [0.5, 0.6) is 11.5 Å². The van der Waals surface area contributed by atoms with Gasteiger partial charge in [-0.3, -0.25) is 13.9 Å². The van der Waals surface area contributed by atoms with Gasteiger partial charge in [0.25, 0.3) is 0 Å². The fourth-order valence-corrected chi connectivity index (χ4v) is 4.87. The molecule has 1 N–H and O–H groups in total. The third-order valence-electron chi connectivity index (χ3n) is 5.74. The molecule has 2 rings (SSSR count). The number of benzene rings is 2. The van der Waals surface area contributed by atoms with Crippen molar-refractivity contribution in [2.75, 3.05) is 30.8 Å². The van der Waals surface area contributed by atoms with E-state index in [0.29, 0.717) is 23.8 Å². The molecule has 0 bridgehead atoms. The molecule has 2 amide bonds. The zero-order valence-electron chi connectivity index (χ0n) is 23.5. The van der Waals surface area contributed by atoms with E-state index in [9.17, 15) is 18.0 Å². The smallest absolute Gasteiger partial charge is 0.242 e. The summed E-state index contributed by atoms with van der Waals surface area (Å²) in [6, 6.07) is 13.4.